The van der Waals surface area contributed by atoms with E-state index in [2.05, 4.69) is 84.5 Å². The van der Waals surface area contributed by atoms with Gasteiger partial charge in [0, 0.05) is 63.0 Å². The fraction of sp³-hybridized carbons (Fsp3) is 0.536. The molecule has 190 valence electrons. The topological polar surface area (TPSA) is 51.5 Å². The summed E-state index contributed by atoms with van der Waals surface area (Å²) in [6.07, 6.45) is 2.26. The third-order valence-electron chi connectivity index (χ3n) is 6.53. The van der Waals surface area contributed by atoms with E-state index >= 15 is 0 Å². The number of ether oxygens (including phenoxy) is 2. The molecule has 1 aromatic heterocycles. The van der Waals surface area contributed by atoms with Crippen LogP contribution >= 0.6 is 11.9 Å². The highest BCUT2D eigenvalue weighted by Crippen LogP contribution is 2.33. The summed E-state index contributed by atoms with van der Waals surface area (Å²) in [5, 5.41) is 3.39. The Morgan fingerprint density at radius 1 is 1.14 bits per heavy atom. The Hall–Kier alpha value is -2.06. The van der Waals surface area contributed by atoms with Crippen molar-refractivity contribution in [3.05, 3.63) is 53.9 Å². The van der Waals surface area contributed by atoms with Gasteiger partial charge < -0.3 is 23.7 Å². The first kappa shape index (κ1) is 26.0. The minimum absolute atomic E-state index is 0.00876. The van der Waals surface area contributed by atoms with Crippen molar-refractivity contribution in [3.63, 3.8) is 0 Å². The summed E-state index contributed by atoms with van der Waals surface area (Å²) in [5.41, 5.74) is 4.73. The van der Waals surface area contributed by atoms with Crippen molar-refractivity contribution < 1.29 is 9.47 Å². The standard InChI is InChI=1S/C28H40N4O2S/c1-28(2,3)27-30-25-18-23(8-11-26(25)32(27)20-22-12-15-34-16-13-22)31(4)35-24-9-6-21(7-10-24)19-29-14-17-33-5/h6-11,18,22,29H,12-17,19-20H2,1-5H3. The molecule has 0 amide bonds. The van der Waals surface area contributed by atoms with E-state index in [1.54, 1.807) is 19.1 Å². The third-order valence-corrected chi connectivity index (χ3v) is 7.49. The average Bonchev–Trinajstić information content (AvgIpc) is 3.21. The summed E-state index contributed by atoms with van der Waals surface area (Å²) in [7, 11) is 3.85. The van der Waals surface area contributed by atoms with Gasteiger partial charge in [-0.2, -0.15) is 0 Å². The van der Waals surface area contributed by atoms with Crippen molar-refractivity contribution in [1.82, 2.24) is 14.9 Å². The zero-order valence-corrected chi connectivity index (χ0v) is 22.7. The summed E-state index contributed by atoms with van der Waals surface area (Å²) in [6.45, 7) is 12.0. The molecule has 0 atom stereocenters. The number of nitrogens with one attached hydrogen (secondary N) is 1. The minimum Gasteiger partial charge on any atom is -0.383 e. The van der Waals surface area contributed by atoms with Gasteiger partial charge in [0.15, 0.2) is 0 Å². The molecule has 1 N–H and O–H groups in total. The van der Waals surface area contributed by atoms with Crippen molar-refractivity contribution >= 4 is 28.7 Å². The maximum Gasteiger partial charge on any atom is 0.115 e. The van der Waals surface area contributed by atoms with Crippen LogP contribution in [0.25, 0.3) is 11.0 Å². The van der Waals surface area contributed by atoms with E-state index in [4.69, 9.17) is 14.5 Å². The van der Waals surface area contributed by atoms with Crippen LogP contribution in [0.15, 0.2) is 47.4 Å². The van der Waals surface area contributed by atoms with E-state index in [9.17, 15) is 0 Å². The molecule has 1 aliphatic rings. The van der Waals surface area contributed by atoms with Crippen LogP contribution in [0.2, 0.25) is 0 Å². The molecule has 0 unspecified atom stereocenters. The molecule has 6 nitrogen and oxygen atoms in total. The molecule has 0 aliphatic carbocycles. The minimum atomic E-state index is -0.00876. The maximum atomic E-state index is 5.59. The molecule has 1 saturated heterocycles. The van der Waals surface area contributed by atoms with E-state index < -0.39 is 0 Å². The van der Waals surface area contributed by atoms with Gasteiger partial charge in [0.2, 0.25) is 0 Å². The second kappa shape index (κ2) is 11.8. The zero-order valence-electron chi connectivity index (χ0n) is 21.8. The van der Waals surface area contributed by atoms with Crippen molar-refractivity contribution in [2.75, 3.05) is 44.8 Å². The average molecular weight is 497 g/mol. The number of fused-ring (bicyclic) bond motifs is 1. The molecule has 3 aromatic rings. The lowest BCUT2D eigenvalue weighted by Gasteiger charge is -2.26. The highest BCUT2D eigenvalue weighted by molar-refractivity contribution is 8.00. The SMILES string of the molecule is COCCNCc1ccc(SN(C)c2ccc3c(c2)nc(C(C)(C)C)n3CC2CCOCC2)cc1. The zero-order chi connectivity index (χ0) is 24.8. The Labute approximate surface area is 214 Å². The first-order chi connectivity index (χ1) is 16.8. The molecule has 0 radical (unpaired) electrons. The van der Waals surface area contributed by atoms with E-state index in [0.717, 1.165) is 63.5 Å². The number of benzene rings is 2. The first-order valence-corrected chi connectivity index (χ1v) is 13.4. The van der Waals surface area contributed by atoms with Gasteiger partial charge in [-0.1, -0.05) is 32.9 Å². The molecular weight excluding hydrogens is 456 g/mol. The lowest BCUT2D eigenvalue weighted by molar-refractivity contribution is 0.0611. The smallest absolute Gasteiger partial charge is 0.115 e. The predicted molar refractivity (Wildman–Crippen MR) is 146 cm³/mol. The van der Waals surface area contributed by atoms with Gasteiger partial charge in [0.05, 0.1) is 17.6 Å². The quantitative estimate of drug-likeness (QED) is 0.290. The molecule has 7 heteroatoms. The Kier molecular flexibility index (Phi) is 8.76. The fourth-order valence-electron chi connectivity index (χ4n) is 4.54. The first-order valence-electron chi connectivity index (χ1n) is 12.6. The number of anilines is 1. The number of methoxy groups -OCH3 is 1. The highest BCUT2D eigenvalue weighted by atomic mass is 32.2. The molecule has 1 fully saturated rings. The van der Waals surface area contributed by atoms with E-state index in [-0.39, 0.29) is 5.41 Å². The number of imidazole rings is 1. The van der Waals surface area contributed by atoms with Crippen LogP contribution in [-0.4, -0.2) is 50.1 Å². The van der Waals surface area contributed by atoms with Gasteiger partial charge in [-0.05, 0) is 66.6 Å². The molecule has 0 bridgehead atoms. The molecule has 4 rings (SSSR count). The Morgan fingerprint density at radius 2 is 1.89 bits per heavy atom. The molecule has 0 saturated carbocycles. The summed E-state index contributed by atoms with van der Waals surface area (Å²) in [5.74, 6) is 1.82. The van der Waals surface area contributed by atoms with E-state index in [1.807, 2.05) is 0 Å². The second-order valence-electron chi connectivity index (χ2n) is 10.4. The summed E-state index contributed by atoms with van der Waals surface area (Å²) in [4.78, 5) is 6.35. The monoisotopic (exact) mass is 496 g/mol. The van der Waals surface area contributed by atoms with Crippen LogP contribution in [0.1, 0.15) is 45.0 Å². The predicted octanol–water partition coefficient (Wildman–Crippen LogP) is 5.64. The van der Waals surface area contributed by atoms with Crippen molar-refractivity contribution in [1.29, 1.82) is 0 Å². The Balaban J connectivity index is 1.48. The highest BCUT2D eigenvalue weighted by Gasteiger charge is 2.25. The van der Waals surface area contributed by atoms with Crippen LogP contribution in [-0.2, 0) is 28.0 Å². The Bertz CT molecular complexity index is 1080. The molecular formula is C28H40N4O2S. The third kappa shape index (κ3) is 6.79. The molecule has 35 heavy (non-hydrogen) atoms. The largest absolute Gasteiger partial charge is 0.383 e. The van der Waals surface area contributed by atoms with E-state index in [1.165, 1.54) is 21.8 Å². The lowest BCUT2D eigenvalue weighted by Crippen LogP contribution is -2.25. The van der Waals surface area contributed by atoms with Gasteiger partial charge in [0.25, 0.3) is 0 Å². The van der Waals surface area contributed by atoms with Gasteiger partial charge in [-0.25, -0.2) is 4.98 Å². The maximum absolute atomic E-state index is 5.59. The van der Waals surface area contributed by atoms with Crippen molar-refractivity contribution in [2.24, 2.45) is 5.92 Å². The van der Waals surface area contributed by atoms with E-state index in [0.29, 0.717) is 5.92 Å². The summed E-state index contributed by atoms with van der Waals surface area (Å²) in [6, 6.07) is 15.4. The second-order valence-corrected chi connectivity index (χ2v) is 11.6. The van der Waals surface area contributed by atoms with Crippen LogP contribution in [0.4, 0.5) is 5.69 Å². The molecule has 1 aliphatic heterocycles. The number of hydrogen-bond donors (Lipinski definition) is 1. The molecule has 2 heterocycles. The van der Waals surface area contributed by atoms with Gasteiger partial charge >= 0.3 is 0 Å². The molecule has 2 aromatic carbocycles. The van der Waals surface area contributed by atoms with Crippen LogP contribution in [0.3, 0.4) is 0 Å². The summed E-state index contributed by atoms with van der Waals surface area (Å²) < 4.78 is 15.4. The van der Waals surface area contributed by atoms with Gasteiger partial charge in [-0.15, -0.1) is 0 Å². The van der Waals surface area contributed by atoms with Gasteiger partial charge in [-0.3, -0.25) is 0 Å². The van der Waals surface area contributed by atoms with Crippen LogP contribution in [0.5, 0.6) is 0 Å². The van der Waals surface area contributed by atoms with Gasteiger partial charge in [0.1, 0.15) is 5.82 Å². The number of nitrogens with zero attached hydrogens (tertiary/aromatic N) is 3. The van der Waals surface area contributed by atoms with Crippen molar-refractivity contribution in [3.8, 4) is 0 Å². The van der Waals surface area contributed by atoms with Crippen molar-refractivity contribution in [2.45, 2.75) is 57.0 Å². The fourth-order valence-corrected chi connectivity index (χ4v) is 5.34. The normalized spacial score (nSPS) is 15.1. The van der Waals surface area contributed by atoms with Crippen LogP contribution < -0.4 is 9.62 Å². The number of aromatic nitrogens is 2. The molecule has 0 spiro atoms. The number of hydrogen-bond acceptors (Lipinski definition) is 6. The Morgan fingerprint density at radius 3 is 2.57 bits per heavy atom. The van der Waals surface area contributed by atoms with Crippen LogP contribution in [0, 0.1) is 5.92 Å². The lowest BCUT2D eigenvalue weighted by atomic mass is 9.94. The summed E-state index contributed by atoms with van der Waals surface area (Å²) >= 11 is 1.74. The number of rotatable bonds is 10.